The van der Waals surface area contributed by atoms with Gasteiger partial charge in [-0.25, -0.2) is 0 Å². The molecule has 0 saturated carbocycles. The van der Waals surface area contributed by atoms with Crippen molar-refractivity contribution in [3.05, 3.63) is 66.2 Å². The molecule has 120 valence electrons. The van der Waals surface area contributed by atoms with Gasteiger partial charge in [0.15, 0.2) is 6.58 Å². The first-order chi connectivity index (χ1) is 11.5. The van der Waals surface area contributed by atoms with Crippen LogP contribution in [0.15, 0.2) is 60.7 Å². The third kappa shape index (κ3) is 4.91. The highest BCUT2D eigenvalue weighted by atomic mass is 16.5. The van der Waals surface area contributed by atoms with Crippen LogP contribution >= 0.6 is 0 Å². The number of para-hydroxylation sites is 1. The van der Waals surface area contributed by atoms with E-state index in [1.165, 1.54) is 0 Å². The van der Waals surface area contributed by atoms with Crippen molar-refractivity contribution in [2.24, 2.45) is 5.73 Å². The highest BCUT2D eigenvalue weighted by molar-refractivity contribution is 5.96. The van der Waals surface area contributed by atoms with Gasteiger partial charge in [-0.3, -0.25) is 14.8 Å². The van der Waals surface area contributed by atoms with Crippen LogP contribution in [-0.2, 0) is 16.0 Å². The lowest BCUT2D eigenvalue weighted by molar-refractivity contribution is -0.181. The fourth-order valence-electron chi connectivity index (χ4n) is 1.89. The van der Waals surface area contributed by atoms with E-state index in [1.54, 1.807) is 54.6 Å². The van der Waals surface area contributed by atoms with Crippen LogP contribution in [0.1, 0.15) is 6.93 Å². The predicted octanol–water partition coefficient (Wildman–Crippen LogP) is 1.38. The number of hydrogen-bond acceptors (Lipinski definition) is 5. The van der Waals surface area contributed by atoms with Crippen molar-refractivity contribution in [2.75, 3.05) is 6.58 Å². The van der Waals surface area contributed by atoms with Crippen LogP contribution < -0.4 is 10.5 Å². The van der Waals surface area contributed by atoms with Gasteiger partial charge in [0.25, 0.3) is 11.8 Å². The summed E-state index contributed by atoms with van der Waals surface area (Å²) in [6.45, 7) is -1.77. The standard InChI is InChI=1S/C17H18N2O4/c18-15(11-13-7-3-1-4-8-13)17(21)19(22)16(20)12-23-14-9-5-2-6-10-14/h1-10,15,22H,11-12,18H2/t15-/m0/s1/i12D/t12?,15-. The number of amides is 2. The Bertz CT molecular complexity index is 622. The summed E-state index contributed by atoms with van der Waals surface area (Å²) in [4.78, 5) is 24.0. The second kappa shape index (κ2) is 8.07. The molecule has 0 fully saturated rings. The van der Waals surface area contributed by atoms with Gasteiger partial charge in [0, 0.05) is 0 Å². The molecule has 6 nitrogen and oxygen atoms in total. The van der Waals surface area contributed by atoms with Gasteiger partial charge >= 0.3 is 0 Å². The number of benzene rings is 2. The van der Waals surface area contributed by atoms with Crippen molar-refractivity contribution in [3.8, 4) is 5.75 Å². The fourth-order valence-corrected chi connectivity index (χ4v) is 1.89. The van der Waals surface area contributed by atoms with Crippen LogP contribution in [0.5, 0.6) is 5.75 Å². The number of hydroxylamine groups is 2. The number of ether oxygens (including phenoxy) is 1. The topological polar surface area (TPSA) is 92.9 Å². The highest BCUT2D eigenvalue weighted by Crippen LogP contribution is 2.09. The van der Waals surface area contributed by atoms with Crippen LogP contribution in [0, 0.1) is 0 Å². The van der Waals surface area contributed by atoms with Crippen LogP contribution in [0.4, 0.5) is 0 Å². The van der Waals surface area contributed by atoms with Gasteiger partial charge in [-0.1, -0.05) is 48.5 Å². The minimum atomic E-state index is -1.77. The molecule has 2 aromatic rings. The smallest absolute Gasteiger partial charge is 0.291 e. The highest BCUT2D eigenvalue weighted by Gasteiger charge is 2.25. The molecule has 1 unspecified atom stereocenters. The molecule has 2 amide bonds. The van der Waals surface area contributed by atoms with E-state index in [0.29, 0.717) is 0 Å². The maximum Gasteiger partial charge on any atom is 0.291 e. The van der Waals surface area contributed by atoms with E-state index in [0.717, 1.165) is 5.56 Å². The summed E-state index contributed by atoms with van der Waals surface area (Å²) in [6.07, 6.45) is 0.159. The van der Waals surface area contributed by atoms with Crippen LogP contribution in [0.3, 0.4) is 0 Å². The molecule has 6 heteroatoms. The van der Waals surface area contributed by atoms with E-state index in [2.05, 4.69) is 0 Å². The van der Waals surface area contributed by atoms with E-state index in [4.69, 9.17) is 11.8 Å². The minimum Gasteiger partial charge on any atom is -0.484 e. The molecule has 0 spiro atoms. The number of carbonyl (C=O) groups excluding carboxylic acids is 2. The normalized spacial score (nSPS) is 13.6. The number of rotatable bonds is 6. The molecule has 0 aliphatic carbocycles. The Hall–Kier alpha value is -2.70. The SMILES string of the molecule is [2H]C(Oc1ccccc1)C(=O)N(O)C(=O)[C@@H](N)Cc1ccccc1. The maximum atomic E-state index is 12.0. The lowest BCUT2D eigenvalue weighted by Crippen LogP contribution is -2.47. The Kier molecular flexibility index (Phi) is 5.34. The van der Waals surface area contributed by atoms with E-state index >= 15 is 0 Å². The molecule has 2 rings (SSSR count). The van der Waals surface area contributed by atoms with Crippen molar-refractivity contribution >= 4 is 11.8 Å². The zero-order valence-corrected chi connectivity index (χ0v) is 12.3. The first kappa shape index (κ1) is 15.2. The Morgan fingerprint density at radius 2 is 1.70 bits per heavy atom. The second-order valence-electron chi connectivity index (χ2n) is 4.83. The molecule has 0 saturated heterocycles. The molecule has 0 aromatic heterocycles. The Morgan fingerprint density at radius 3 is 2.30 bits per heavy atom. The molecule has 3 N–H and O–H groups in total. The molecule has 0 heterocycles. The zero-order valence-electron chi connectivity index (χ0n) is 13.3. The summed E-state index contributed by atoms with van der Waals surface area (Å²) >= 11 is 0. The fraction of sp³-hybridized carbons (Fsp3) is 0.176. The largest absolute Gasteiger partial charge is 0.484 e. The first-order valence-electron chi connectivity index (χ1n) is 7.57. The molecule has 0 radical (unpaired) electrons. The molecule has 0 aliphatic heterocycles. The van der Waals surface area contributed by atoms with Crippen molar-refractivity contribution in [2.45, 2.75) is 12.5 Å². The summed E-state index contributed by atoms with van der Waals surface area (Å²) in [5.41, 5.74) is 6.53. The van der Waals surface area contributed by atoms with Gasteiger partial charge in [-0.15, -0.1) is 0 Å². The lowest BCUT2D eigenvalue weighted by atomic mass is 10.1. The first-order valence-corrected chi connectivity index (χ1v) is 6.99. The Labute approximate surface area is 135 Å². The van der Waals surface area contributed by atoms with Gasteiger partial charge in [-0.2, -0.15) is 5.06 Å². The summed E-state index contributed by atoms with van der Waals surface area (Å²) in [6, 6.07) is 16.1. The van der Waals surface area contributed by atoms with Crippen molar-refractivity contribution in [1.29, 1.82) is 0 Å². The lowest BCUT2D eigenvalue weighted by Gasteiger charge is -2.18. The monoisotopic (exact) mass is 315 g/mol. The summed E-state index contributed by atoms with van der Waals surface area (Å²) in [5, 5.41) is 9.59. The van der Waals surface area contributed by atoms with E-state index < -0.39 is 24.4 Å². The minimum absolute atomic E-state index is 0.145. The maximum absolute atomic E-state index is 12.0. The van der Waals surface area contributed by atoms with Crippen LogP contribution in [-0.4, -0.2) is 34.7 Å². The van der Waals surface area contributed by atoms with Gasteiger partial charge < -0.3 is 10.5 Å². The molecule has 2 aromatic carbocycles. The summed E-state index contributed by atoms with van der Waals surface area (Å²) < 4.78 is 12.7. The van der Waals surface area contributed by atoms with E-state index in [1.807, 2.05) is 6.07 Å². The molecule has 23 heavy (non-hydrogen) atoms. The average Bonchev–Trinajstić information content (AvgIpc) is 2.61. The summed E-state index contributed by atoms with van der Waals surface area (Å²) in [5.74, 6) is -1.91. The third-order valence-corrected chi connectivity index (χ3v) is 3.07. The van der Waals surface area contributed by atoms with Crippen LogP contribution in [0.2, 0.25) is 0 Å². The van der Waals surface area contributed by atoms with Crippen molar-refractivity contribution in [1.82, 2.24) is 5.06 Å². The third-order valence-electron chi connectivity index (χ3n) is 3.07. The van der Waals surface area contributed by atoms with Gasteiger partial charge in [0.05, 0.1) is 7.41 Å². The van der Waals surface area contributed by atoms with Gasteiger partial charge in [-0.05, 0) is 24.1 Å². The number of carbonyl (C=O) groups is 2. The Morgan fingerprint density at radius 1 is 1.13 bits per heavy atom. The number of nitrogens with zero attached hydrogens (tertiary/aromatic N) is 1. The quantitative estimate of drug-likeness (QED) is 0.620. The van der Waals surface area contributed by atoms with Gasteiger partial charge in [0.2, 0.25) is 0 Å². The number of nitrogens with two attached hydrogens (primary N) is 1. The molecular formula is C17H18N2O4. The summed E-state index contributed by atoms with van der Waals surface area (Å²) in [7, 11) is 0. The number of hydrogen-bond donors (Lipinski definition) is 2. The molecule has 2 atom stereocenters. The van der Waals surface area contributed by atoms with Gasteiger partial charge in [0.1, 0.15) is 5.75 Å². The van der Waals surface area contributed by atoms with Crippen molar-refractivity contribution < 1.29 is 20.9 Å². The zero-order chi connectivity index (χ0) is 17.5. The molecular weight excluding hydrogens is 296 g/mol. The van der Waals surface area contributed by atoms with Crippen molar-refractivity contribution in [3.63, 3.8) is 0 Å². The van der Waals surface area contributed by atoms with Crippen LogP contribution in [0.25, 0.3) is 0 Å². The number of imide groups is 1. The second-order valence-corrected chi connectivity index (χ2v) is 4.83. The predicted molar refractivity (Wildman–Crippen MR) is 83.7 cm³/mol. The van der Waals surface area contributed by atoms with E-state index in [9.17, 15) is 14.8 Å². The molecule has 0 aliphatic rings. The molecule has 0 bridgehead atoms. The Balaban J connectivity index is 1.94. The average molecular weight is 315 g/mol. The van der Waals surface area contributed by atoms with E-state index in [-0.39, 0.29) is 17.2 Å².